The van der Waals surface area contributed by atoms with Crippen molar-refractivity contribution in [2.75, 3.05) is 7.05 Å². The van der Waals surface area contributed by atoms with E-state index in [-0.39, 0.29) is 0 Å². The first kappa shape index (κ1) is 9.52. The predicted molar refractivity (Wildman–Crippen MR) is 53.1 cm³/mol. The maximum atomic E-state index is 10.4. The van der Waals surface area contributed by atoms with E-state index in [1.54, 1.807) is 0 Å². The summed E-state index contributed by atoms with van der Waals surface area (Å²) in [5.41, 5.74) is 1.68. The summed E-state index contributed by atoms with van der Waals surface area (Å²) in [7, 11) is 1.85. The third-order valence-electron chi connectivity index (χ3n) is 1.89. The quantitative estimate of drug-likeness (QED) is 0.514. The highest BCUT2D eigenvalue weighted by Crippen LogP contribution is 2.05. The normalized spacial score (nSPS) is 9.31. The molecule has 0 amide bonds. The zero-order chi connectivity index (χ0) is 9.68. The van der Waals surface area contributed by atoms with Crippen LogP contribution in [0.5, 0.6) is 0 Å². The summed E-state index contributed by atoms with van der Waals surface area (Å²) in [6.45, 7) is 4.35. The van der Waals surface area contributed by atoms with Gasteiger partial charge in [0.1, 0.15) is 0 Å². The molecule has 0 aromatic heterocycles. The maximum absolute atomic E-state index is 10.4. The highest BCUT2D eigenvalue weighted by atomic mass is 16.1. The first-order valence-corrected chi connectivity index (χ1v) is 4.13. The molecular weight excluding hydrogens is 162 g/mol. The Morgan fingerprint density at radius 2 is 2.08 bits per heavy atom. The molecule has 0 heterocycles. The number of likely N-dealkylation sites (N-methyl/N-ethyl adjacent to an activating group) is 1. The number of hydrogen-bond donors (Lipinski definition) is 0. The molecule has 13 heavy (non-hydrogen) atoms. The highest BCUT2D eigenvalue weighted by Gasteiger charge is 2.00. The molecule has 0 radical (unpaired) electrons. The topological polar surface area (TPSA) is 20.3 Å². The fourth-order valence-corrected chi connectivity index (χ4v) is 1.05. The van der Waals surface area contributed by atoms with E-state index in [1.165, 1.54) is 5.56 Å². The van der Waals surface area contributed by atoms with E-state index >= 15 is 0 Å². The van der Waals surface area contributed by atoms with Crippen molar-refractivity contribution in [1.29, 1.82) is 0 Å². The second-order valence-electron chi connectivity index (χ2n) is 2.95. The number of carbonyl (C=O) groups is 1. The summed E-state index contributed by atoms with van der Waals surface area (Å²) >= 11 is 0. The molecule has 0 aliphatic carbocycles. The van der Waals surface area contributed by atoms with Crippen LogP contribution in [-0.2, 0) is 11.3 Å². The number of allylic oxidation sites excluding steroid dienone is 1. The van der Waals surface area contributed by atoms with Gasteiger partial charge in [-0.1, -0.05) is 36.9 Å². The summed E-state index contributed by atoms with van der Waals surface area (Å²) < 4.78 is 0. The van der Waals surface area contributed by atoms with Crippen LogP contribution < -0.4 is 0 Å². The monoisotopic (exact) mass is 175 g/mol. The van der Waals surface area contributed by atoms with Crippen molar-refractivity contribution in [3.8, 4) is 0 Å². The molecule has 0 aliphatic rings. The van der Waals surface area contributed by atoms with Gasteiger partial charge in [0.15, 0.2) is 6.29 Å². The van der Waals surface area contributed by atoms with E-state index in [1.807, 2.05) is 42.3 Å². The van der Waals surface area contributed by atoms with E-state index in [0.29, 0.717) is 5.70 Å². The lowest BCUT2D eigenvalue weighted by Crippen LogP contribution is -2.16. The fourth-order valence-electron chi connectivity index (χ4n) is 1.05. The Bertz CT molecular complexity index is 292. The van der Waals surface area contributed by atoms with E-state index < -0.39 is 0 Å². The van der Waals surface area contributed by atoms with Crippen molar-refractivity contribution in [2.45, 2.75) is 6.54 Å². The Labute approximate surface area is 78.5 Å². The van der Waals surface area contributed by atoms with Gasteiger partial charge in [-0.05, 0) is 5.56 Å². The van der Waals surface area contributed by atoms with Gasteiger partial charge in [0.2, 0.25) is 0 Å². The van der Waals surface area contributed by atoms with Crippen LogP contribution in [0, 0.1) is 0 Å². The SMILES string of the molecule is C=C(C=O)N(C)Cc1ccccc1. The van der Waals surface area contributed by atoms with Crippen LogP contribution >= 0.6 is 0 Å². The highest BCUT2D eigenvalue weighted by molar-refractivity contribution is 5.70. The van der Waals surface area contributed by atoms with Crippen molar-refractivity contribution in [1.82, 2.24) is 4.90 Å². The van der Waals surface area contributed by atoms with Crippen LogP contribution in [-0.4, -0.2) is 18.2 Å². The molecule has 0 fully saturated rings. The van der Waals surface area contributed by atoms with Crippen LogP contribution in [0.4, 0.5) is 0 Å². The second-order valence-corrected chi connectivity index (χ2v) is 2.95. The molecule has 1 rings (SSSR count). The van der Waals surface area contributed by atoms with Gasteiger partial charge in [0.25, 0.3) is 0 Å². The zero-order valence-electron chi connectivity index (χ0n) is 7.73. The summed E-state index contributed by atoms with van der Waals surface area (Å²) in [6.07, 6.45) is 0.767. The molecule has 68 valence electrons. The first-order chi connectivity index (χ1) is 6.24. The van der Waals surface area contributed by atoms with Gasteiger partial charge in [-0.15, -0.1) is 0 Å². The fraction of sp³-hybridized carbons (Fsp3) is 0.182. The third-order valence-corrected chi connectivity index (χ3v) is 1.89. The van der Waals surface area contributed by atoms with Crippen LogP contribution in [0.15, 0.2) is 42.6 Å². The van der Waals surface area contributed by atoms with Gasteiger partial charge < -0.3 is 4.90 Å². The van der Waals surface area contributed by atoms with Gasteiger partial charge in [0, 0.05) is 13.6 Å². The molecule has 0 bridgehead atoms. The molecule has 0 N–H and O–H groups in total. The molecule has 1 aromatic rings. The zero-order valence-corrected chi connectivity index (χ0v) is 7.73. The average molecular weight is 175 g/mol. The second kappa shape index (κ2) is 4.45. The largest absolute Gasteiger partial charge is 0.368 e. The molecule has 0 atom stereocenters. The lowest BCUT2D eigenvalue weighted by molar-refractivity contribution is -0.106. The van der Waals surface area contributed by atoms with E-state index in [9.17, 15) is 4.79 Å². The van der Waals surface area contributed by atoms with Gasteiger partial charge in [-0.25, -0.2) is 0 Å². The smallest absolute Gasteiger partial charge is 0.165 e. The van der Waals surface area contributed by atoms with Crippen LogP contribution in [0.2, 0.25) is 0 Å². The van der Waals surface area contributed by atoms with E-state index in [2.05, 4.69) is 6.58 Å². The lowest BCUT2D eigenvalue weighted by atomic mass is 10.2. The summed E-state index contributed by atoms with van der Waals surface area (Å²) in [5.74, 6) is 0. The maximum Gasteiger partial charge on any atom is 0.165 e. The Morgan fingerprint density at radius 3 is 2.62 bits per heavy atom. The minimum atomic E-state index is 0.504. The standard InChI is InChI=1S/C11H13NO/c1-10(9-13)12(2)8-11-6-4-3-5-7-11/h3-7,9H,1,8H2,2H3. The molecule has 0 unspecified atom stereocenters. The van der Waals surface area contributed by atoms with Crippen molar-refractivity contribution in [3.63, 3.8) is 0 Å². The number of benzene rings is 1. The molecular formula is C11H13NO. The number of nitrogens with zero attached hydrogens (tertiary/aromatic N) is 1. The number of rotatable bonds is 4. The molecule has 0 spiro atoms. The molecule has 0 saturated carbocycles. The minimum Gasteiger partial charge on any atom is -0.368 e. The van der Waals surface area contributed by atoms with Gasteiger partial charge >= 0.3 is 0 Å². The van der Waals surface area contributed by atoms with Crippen LogP contribution in [0.3, 0.4) is 0 Å². The van der Waals surface area contributed by atoms with E-state index in [0.717, 1.165) is 12.8 Å². The summed E-state index contributed by atoms with van der Waals surface area (Å²) in [6, 6.07) is 9.97. The molecule has 0 aliphatic heterocycles. The van der Waals surface area contributed by atoms with Gasteiger partial charge in [-0.3, -0.25) is 4.79 Å². The molecule has 1 aromatic carbocycles. The Morgan fingerprint density at radius 1 is 1.46 bits per heavy atom. The first-order valence-electron chi connectivity index (χ1n) is 4.13. The van der Waals surface area contributed by atoms with Gasteiger partial charge in [-0.2, -0.15) is 0 Å². The van der Waals surface area contributed by atoms with E-state index in [4.69, 9.17) is 0 Å². The Hall–Kier alpha value is -1.57. The Balaban J connectivity index is 2.60. The predicted octanol–water partition coefficient (Wildman–Crippen LogP) is 1.83. The summed E-state index contributed by atoms with van der Waals surface area (Å²) in [4.78, 5) is 12.2. The minimum absolute atomic E-state index is 0.504. The van der Waals surface area contributed by atoms with Crippen LogP contribution in [0.1, 0.15) is 5.56 Å². The molecule has 2 nitrogen and oxygen atoms in total. The number of aldehydes is 1. The van der Waals surface area contributed by atoms with Gasteiger partial charge in [0.05, 0.1) is 5.70 Å². The molecule has 0 saturated heterocycles. The Kier molecular flexibility index (Phi) is 3.26. The lowest BCUT2D eigenvalue weighted by Gasteiger charge is -2.17. The van der Waals surface area contributed by atoms with Crippen molar-refractivity contribution >= 4 is 6.29 Å². The van der Waals surface area contributed by atoms with Crippen molar-refractivity contribution < 1.29 is 4.79 Å². The third kappa shape index (κ3) is 2.75. The van der Waals surface area contributed by atoms with Crippen molar-refractivity contribution in [2.24, 2.45) is 0 Å². The van der Waals surface area contributed by atoms with Crippen molar-refractivity contribution in [3.05, 3.63) is 48.2 Å². The average Bonchev–Trinajstić information content (AvgIpc) is 2.18. The number of carbonyl (C=O) groups excluding carboxylic acids is 1. The molecule has 2 heteroatoms. The summed E-state index contributed by atoms with van der Waals surface area (Å²) in [5, 5.41) is 0. The van der Waals surface area contributed by atoms with Crippen LogP contribution in [0.25, 0.3) is 0 Å². The number of hydrogen-bond acceptors (Lipinski definition) is 2.